The molecule has 0 spiro atoms. The van der Waals surface area contributed by atoms with Crippen LogP contribution < -0.4 is 5.32 Å². The zero-order valence-corrected chi connectivity index (χ0v) is 7.74. The molecule has 0 bridgehead atoms. The van der Waals surface area contributed by atoms with E-state index in [9.17, 15) is 4.79 Å². The summed E-state index contributed by atoms with van der Waals surface area (Å²) in [6.45, 7) is 4.23. The van der Waals surface area contributed by atoms with Gasteiger partial charge in [-0.3, -0.25) is 14.8 Å². The SMILES string of the molecule is Cc1cc(C)n(CNCC(=O)O)n1. The number of carbonyl (C=O) groups is 1. The summed E-state index contributed by atoms with van der Waals surface area (Å²) in [5.74, 6) is -0.860. The molecule has 5 heteroatoms. The van der Waals surface area contributed by atoms with Gasteiger partial charge in [-0.2, -0.15) is 5.10 Å². The Bertz CT molecular complexity index is 306. The molecule has 1 aromatic heterocycles. The maximum atomic E-state index is 10.2. The van der Waals surface area contributed by atoms with Gasteiger partial charge >= 0.3 is 5.97 Å². The number of rotatable bonds is 4. The van der Waals surface area contributed by atoms with Gasteiger partial charge in [0.2, 0.25) is 0 Å². The molecule has 0 fully saturated rings. The predicted molar refractivity (Wildman–Crippen MR) is 47.3 cm³/mol. The van der Waals surface area contributed by atoms with Crippen LogP contribution >= 0.6 is 0 Å². The highest BCUT2D eigenvalue weighted by Gasteiger charge is 2.00. The van der Waals surface area contributed by atoms with Crippen molar-refractivity contribution in [3.8, 4) is 0 Å². The molecule has 0 amide bonds. The van der Waals surface area contributed by atoms with E-state index >= 15 is 0 Å². The lowest BCUT2D eigenvalue weighted by atomic mass is 10.4. The van der Waals surface area contributed by atoms with Crippen LogP contribution in [0.3, 0.4) is 0 Å². The average Bonchev–Trinajstić information content (AvgIpc) is 2.29. The average molecular weight is 183 g/mol. The van der Waals surface area contributed by atoms with Crippen LogP contribution in [0.2, 0.25) is 0 Å². The molecule has 0 radical (unpaired) electrons. The molecular formula is C8H13N3O2. The van der Waals surface area contributed by atoms with Crippen molar-refractivity contribution in [3.05, 3.63) is 17.5 Å². The molecular weight excluding hydrogens is 170 g/mol. The van der Waals surface area contributed by atoms with E-state index in [1.54, 1.807) is 4.68 Å². The van der Waals surface area contributed by atoms with Gasteiger partial charge in [-0.05, 0) is 19.9 Å². The first-order valence-electron chi connectivity index (χ1n) is 4.03. The van der Waals surface area contributed by atoms with E-state index in [0.29, 0.717) is 6.67 Å². The first-order chi connectivity index (χ1) is 6.09. The molecule has 0 saturated carbocycles. The van der Waals surface area contributed by atoms with E-state index in [1.807, 2.05) is 19.9 Å². The summed E-state index contributed by atoms with van der Waals surface area (Å²) in [6, 6.07) is 1.95. The van der Waals surface area contributed by atoms with Gasteiger partial charge < -0.3 is 5.11 Å². The minimum atomic E-state index is -0.860. The Morgan fingerprint density at radius 1 is 1.69 bits per heavy atom. The third-order valence-corrected chi connectivity index (χ3v) is 1.64. The van der Waals surface area contributed by atoms with Crippen molar-refractivity contribution in [1.29, 1.82) is 0 Å². The topological polar surface area (TPSA) is 67.2 Å². The summed E-state index contributed by atoms with van der Waals surface area (Å²) in [5.41, 5.74) is 1.96. The minimum Gasteiger partial charge on any atom is -0.480 e. The van der Waals surface area contributed by atoms with Crippen LogP contribution in [0.1, 0.15) is 11.4 Å². The third kappa shape index (κ3) is 2.87. The molecule has 0 aromatic carbocycles. The molecule has 1 rings (SSSR count). The normalized spacial score (nSPS) is 10.3. The minimum absolute atomic E-state index is 0.0433. The lowest BCUT2D eigenvalue weighted by molar-refractivity contribution is -0.136. The Hall–Kier alpha value is -1.36. The molecule has 13 heavy (non-hydrogen) atoms. The molecule has 2 N–H and O–H groups in total. The van der Waals surface area contributed by atoms with Crippen molar-refractivity contribution in [2.75, 3.05) is 6.54 Å². The van der Waals surface area contributed by atoms with Crippen LogP contribution in [0.4, 0.5) is 0 Å². The molecule has 1 heterocycles. The second-order valence-electron chi connectivity index (χ2n) is 2.91. The van der Waals surface area contributed by atoms with Crippen molar-refractivity contribution in [3.63, 3.8) is 0 Å². The van der Waals surface area contributed by atoms with Gasteiger partial charge in [-0.1, -0.05) is 0 Å². The molecule has 72 valence electrons. The number of hydrogen-bond acceptors (Lipinski definition) is 3. The van der Waals surface area contributed by atoms with Gasteiger partial charge in [0.05, 0.1) is 18.9 Å². The van der Waals surface area contributed by atoms with Crippen molar-refractivity contribution in [2.24, 2.45) is 0 Å². The van der Waals surface area contributed by atoms with Crippen LogP contribution in [-0.4, -0.2) is 27.4 Å². The van der Waals surface area contributed by atoms with Crippen molar-refractivity contribution in [2.45, 2.75) is 20.5 Å². The molecule has 0 saturated heterocycles. The van der Waals surface area contributed by atoms with Crippen LogP contribution in [-0.2, 0) is 11.5 Å². The van der Waals surface area contributed by atoms with Crippen molar-refractivity contribution >= 4 is 5.97 Å². The van der Waals surface area contributed by atoms with Crippen LogP contribution in [0, 0.1) is 13.8 Å². The molecule has 0 aliphatic heterocycles. The standard InChI is InChI=1S/C8H13N3O2/c1-6-3-7(2)11(10-6)5-9-4-8(12)13/h3,9H,4-5H2,1-2H3,(H,12,13). The lowest BCUT2D eigenvalue weighted by Crippen LogP contribution is -2.26. The van der Waals surface area contributed by atoms with Gasteiger partial charge in [-0.15, -0.1) is 0 Å². The van der Waals surface area contributed by atoms with Crippen LogP contribution in [0.5, 0.6) is 0 Å². The smallest absolute Gasteiger partial charge is 0.317 e. The van der Waals surface area contributed by atoms with Gasteiger partial charge in [-0.25, -0.2) is 0 Å². The maximum absolute atomic E-state index is 10.2. The van der Waals surface area contributed by atoms with Gasteiger partial charge in [0.25, 0.3) is 0 Å². The van der Waals surface area contributed by atoms with E-state index in [4.69, 9.17) is 5.11 Å². The molecule has 0 aliphatic rings. The van der Waals surface area contributed by atoms with E-state index < -0.39 is 5.97 Å². The summed E-state index contributed by atoms with van der Waals surface area (Å²) in [6.07, 6.45) is 0. The molecule has 0 atom stereocenters. The van der Waals surface area contributed by atoms with Crippen LogP contribution in [0.25, 0.3) is 0 Å². The summed E-state index contributed by atoms with van der Waals surface area (Å²) >= 11 is 0. The molecule has 5 nitrogen and oxygen atoms in total. The highest BCUT2D eigenvalue weighted by Crippen LogP contribution is 1.99. The Kier molecular flexibility index (Phi) is 3.02. The number of nitrogens with zero attached hydrogens (tertiary/aromatic N) is 2. The first kappa shape index (κ1) is 9.73. The second kappa shape index (κ2) is 4.04. The van der Waals surface area contributed by atoms with E-state index in [-0.39, 0.29) is 6.54 Å². The number of aryl methyl sites for hydroxylation is 2. The number of aromatic nitrogens is 2. The van der Waals surface area contributed by atoms with Gasteiger partial charge in [0.1, 0.15) is 0 Å². The quantitative estimate of drug-likeness (QED) is 0.696. The Balaban J connectivity index is 2.45. The van der Waals surface area contributed by atoms with Gasteiger partial charge in [0.15, 0.2) is 0 Å². The number of nitrogens with one attached hydrogen (secondary N) is 1. The number of hydrogen-bond donors (Lipinski definition) is 2. The fraction of sp³-hybridized carbons (Fsp3) is 0.500. The lowest BCUT2D eigenvalue weighted by Gasteiger charge is -2.03. The largest absolute Gasteiger partial charge is 0.480 e. The maximum Gasteiger partial charge on any atom is 0.317 e. The Morgan fingerprint density at radius 3 is 2.85 bits per heavy atom. The summed E-state index contributed by atoms with van der Waals surface area (Å²) in [5, 5.41) is 15.3. The van der Waals surface area contributed by atoms with Crippen molar-refractivity contribution < 1.29 is 9.90 Å². The zero-order valence-electron chi connectivity index (χ0n) is 7.74. The van der Waals surface area contributed by atoms with E-state index in [0.717, 1.165) is 11.4 Å². The summed E-state index contributed by atoms with van der Waals surface area (Å²) in [7, 11) is 0. The number of aliphatic carboxylic acids is 1. The zero-order chi connectivity index (χ0) is 9.84. The fourth-order valence-electron chi connectivity index (χ4n) is 1.10. The highest BCUT2D eigenvalue weighted by atomic mass is 16.4. The van der Waals surface area contributed by atoms with Crippen LogP contribution in [0.15, 0.2) is 6.07 Å². The fourth-order valence-corrected chi connectivity index (χ4v) is 1.10. The number of carboxylic acids is 1. The molecule has 0 aliphatic carbocycles. The third-order valence-electron chi connectivity index (χ3n) is 1.64. The van der Waals surface area contributed by atoms with Crippen molar-refractivity contribution in [1.82, 2.24) is 15.1 Å². The molecule has 1 aromatic rings. The van der Waals surface area contributed by atoms with Gasteiger partial charge in [0, 0.05) is 5.69 Å². The molecule has 0 unspecified atom stereocenters. The Morgan fingerprint density at radius 2 is 2.38 bits per heavy atom. The second-order valence-corrected chi connectivity index (χ2v) is 2.91. The monoisotopic (exact) mass is 183 g/mol. The highest BCUT2D eigenvalue weighted by molar-refractivity contribution is 5.68. The number of carboxylic acid groups (broad SMARTS) is 1. The predicted octanol–water partition coefficient (Wildman–Crippen LogP) is 0.132. The van der Waals surface area contributed by atoms with E-state index in [2.05, 4.69) is 10.4 Å². The van der Waals surface area contributed by atoms with E-state index in [1.165, 1.54) is 0 Å². The summed E-state index contributed by atoms with van der Waals surface area (Å²) < 4.78 is 1.73. The first-order valence-corrected chi connectivity index (χ1v) is 4.03. The summed E-state index contributed by atoms with van der Waals surface area (Å²) in [4.78, 5) is 10.2. The Labute approximate surface area is 76.4 Å².